The maximum absolute atomic E-state index is 14.0. The number of nitriles is 1. The van der Waals surface area contributed by atoms with Crippen LogP contribution in [0.4, 0.5) is 17.6 Å². The maximum atomic E-state index is 14.0. The van der Waals surface area contributed by atoms with E-state index >= 15 is 0 Å². The van der Waals surface area contributed by atoms with Crippen LogP contribution in [0.15, 0.2) is 48.5 Å². The molecule has 2 N–H and O–H groups in total. The number of hydrogen-bond donors (Lipinski definition) is 2. The Morgan fingerprint density at radius 1 is 1.03 bits per heavy atom. The smallest absolute Gasteiger partial charge is 0.380 e. The maximum Gasteiger partial charge on any atom is 0.417 e. The van der Waals surface area contributed by atoms with Gasteiger partial charge in [-0.05, 0) is 35.6 Å². The molecule has 1 aromatic heterocycles. The number of hydrogen-bond acceptors (Lipinski definition) is 2. The van der Waals surface area contributed by atoms with Gasteiger partial charge >= 0.3 is 6.18 Å². The second-order valence-electron chi connectivity index (χ2n) is 7.91. The number of nitrogens with one attached hydrogen (secondary N) is 1. The largest absolute Gasteiger partial charge is 0.417 e. The van der Waals surface area contributed by atoms with Crippen LogP contribution < -0.4 is 0 Å². The number of halogens is 4. The fourth-order valence-electron chi connectivity index (χ4n) is 3.75. The van der Waals surface area contributed by atoms with Gasteiger partial charge in [-0.1, -0.05) is 44.2 Å². The second-order valence-corrected chi connectivity index (χ2v) is 7.91. The molecule has 0 aliphatic carbocycles. The van der Waals surface area contributed by atoms with E-state index in [0.717, 1.165) is 0 Å². The number of rotatable bonds is 5. The van der Waals surface area contributed by atoms with Crippen molar-refractivity contribution in [1.29, 1.82) is 5.26 Å². The SMILES string of the molecule is CC(C)(CC(O)(Cc1[nH]c2ccccc2c1C#N)C(F)(F)F)c1ccc(F)cc1. The molecule has 1 unspecified atom stereocenters. The summed E-state index contributed by atoms with van der Waals surface area (Å²) in [6.45, 7) is 3.13. The molecule has 3 aromatic rings. The molecule has 3 rings (SSSR count). The summed E-state index contributed by atoms with van der Waals surface area (Å²) in [5.41, 5.74) is -3.07. The second kappa shape index (κ2) is 7.20. The molecule has 152 valence electrons. The summed E-state index contributed by atoms with van der Waals surface area (Å²) in [7, 11) is 0. The van der Waals surface area contributed by atoms with Crippen molar-refractivity contribution in [3.05, 3.63) is 71.2 Å². The lowest BCUT2D eigenvalue weighted by Gasteiger charge is -2.38. The zero-order valence-electron chi connectivity index (χ0n) is 15.9. The van der Waals surface area contributed by atoms with Crippen molar-refractivity contribution in [1.82, 2.24) is 4.98 Å². The van der Waals surface area contributed by atoms with E-state index in [0.29, 0.717) is 16.5 Å². The molecule has 2 aromatic carbocycles. The van der Waals surface area contributed by atoms with Crippen LogP contribution >= 0.6 is 0 Å². The molecule has 0 aliphatic heterocycles. The Morgan fingerprint density at radius 2 is 1.66 bits per heavy atom. The molecule has 0 saturated carbocycles. The summed E-state index contributed by atoms with van der Waals surface area (Å²) < 4.78 is 55.2. The average Bonchev–Trinajstić information content (AvgIpc) is 2.97. The van der Waals surface area contributed by atoms with Crippen LogP contribution in [0.25, 0.3) is 10.9 Å². The molecule has 29 heavy (non-hydrogen) atoms. The fraction of sp³-hybridized carbons (Fsp3) is 0.318. The summed E-state index contributed by atoms with van der Waals surface area (Å²) >= 11 is 0. The minimum Gasteiger partial charge on any atom is -0.380 e. The zero-order valence-corrected chi connectivity index (χ0v) is 15.9. The van der Waals surface area contributed by atoms with Gasteiger partial charge in [0.25, 0.3) is 0 Å². The van der Waals surface area contributed by atoms with Crippen molar-refractivity contribution in [2.45, 2.75) is 43.9 Å². The first-order chi connectivity index (χ1) is 13.5. The van der Waals surface area contributed by atoms with Crippen molar-refractivity contribution in [2.75, 3.05) is 0 Å². The molecule has 1 atom stereocenters. The van der Waals surface area contributed by atoms with Gasteiger partial charge in [-0.2, -0.15) is 18.4 Å². The molecule has 1 heterocycles. The number of fused-ring (bicyclic) bond motifs is 1. The van der Waals surface area contributed by atoms with E-state index in [9.17, 15) is 27.9 Å². The van der Waals surface area contributed by atoms with Gasteiger partial charge in [-0.25, -0.2) is 4.39 Å². The molecular formula is C22H20F4N2O. The van der Waals surface area contributed by atoms with E-state index in [1.807, 2.05) is 6.07 Å². The molecule has 0 saturated heterocycles. The first kappa shape index (κ1) is 20.9. The van der Waals surface area contributed by atoms with Gasteiger partial charge in [-0.3, -0.25) is 0 Å². The molecule has 3 nitrogen and oxygen atoms in total. The highest BCUT2D eigenvalue weighted by atomic mass is 19.4. The van der Waals surface area contributed by atoms with E-state index < -0.39 is 35.9 Å². The minimum absolute atomic E-state index is 0.0310. The third-order valence-corrected chi connectivity index (χ3v) is 5.25. The van der Waals surface area contributed by atoms with Crippen LogP contribution in [0.1, 0.15) is 37.1 Å². The molecule has 0 aliphatic rings. The molecular weight excluding hydrogens is 384 g/mol. The Kier molecular flexibility index (Phi) is 5.18. The van der Waals surface area contributed by atoms with Crippen molar-refractivity contribution in [3.63, 3.8) is 0 Å². The van der Waals surface area contributed by atoms with Crippen LogP contribution in [-0.2, 0) is 11.8 Å². The average molecular weight is 404 g/mol. The Hall–Kier alpha value is -2.85. The summed E-state index contributed by atoms with van der Waals surface area (Å²) in [5.74, 6) is -0.493. The number of aromatic nitrogens is 1. The van der Waals surface area contributed by atoms with Crippen molar-refractivity contribution in [3.8, 4) is 6.07 Å². The number of aliphatic hydroxyl groups is 1. The lowest BCUT2D eigenvalue weighted by atomic mass is 9.73. The Bertz CT molecular complexity index is 1060. The number of benzene rings is 2. The molecule has 0 fully saturated rings. The van der Waals surface area contributed by atoms with Gasteiger partial charge < -0.3 is 10.1 Å². The Labute approximate surface area is 165 Å². The van der Waals surface area contributed by atoms with E-state index in [-0.39, 0.29) is 11.3 Å². The predicted molar refractivity (Wildman–Crippen MR) is 102 cm³/mol. The van der Waals surface area contributed by atoms with Crippen LogP contribution in [0.3, 0.4) is 0 Å². The highest BCUT2D eigenvalue weighted by Crippen LogP contribution is 2.43. The zero-order chi connectivity index (χ0) is 21.4. The third-order valence-electron chi connectivity index (χ3n) is 5.25. The summed E-state index contributed by atoms with van der Waals surface area (Å²) in [4.78, 5) is 2.84. The predicted octanol–water partition coefficient (Wildman–Crippen LogP) is 5.38. The minimum atomic E-state index is -4.94. The molecule has 0 amide bonds. The number of alkyl halides is 3. The number of aromatic amines is 1. The number of H-pyrrole nitrogens is 1. The van der Waals surface area contributed by atoms with Crippen LogP contribution in [-0.4, -0.2) is 21.9 Å². The standard InChI is InChI=1S/C22H20F4N2O/c1-20(2,14-7-9-15(23)10-8-14)13-21(29,22(24,25)26)11-19-17(12-27)16-5-3-4-6-18(16)28-19/h3-10,28-29H,11,13H2,1-2H3. The Morgan fingerprint density at radius 3 is 2.24 bits per heavy atom. The summed E-state index contributed by atoms with van der Waals surface area (Å²) in [5, 5.41) is 20.7. The van der Waals surface area contributed by atoms with Gasteiger partial charge in [0.2, 0.25) is 0 Å². The number of para-hydroxylation sites is 1. The highest BCUT2D eigenvalue weighted by molar-refractivity contribution is 5.87. The fourth-order valence-corrected chi connectivity index (χ4v) is 3.75. The number of nitrogens with zero attached hydrogens (tertiary/aromatic N) is 1. The molecule has 0 radical (unpaired) electrons. The normalized spacial score (nSPS) is 14.6. The Balaban J connectivity index is 2.02. The van der Waals surface area contributed by atoms with Gasteiger partial charge in [0, 0.05) is 23.0 Å². The molecule has 0 spiro atoms. The molecule has 7 heteroatoms. The first-order valence-corrected chi connectivity index (χ1v) is 9.02. The summed E-state index contributed by atoms with van der Waals surface area (Å²) in [6, 6.07) is 13.8. The van der Waals surface area contributed by atoms with Crippen LogP contribution in [0.5, 0.6) is 0 Å². The first-order valence-electron chi connectivity index (χ1n) is 9.02. The van der Waals surface area contributed by atoms with Crippen molar-refractivity contribution >= 4 is 10.9 Å². The van der Waals surface area contributed by atoms with E-state index in [1.54, 1.807) is 38.1 Å². The van der Waals surface area contributed by atoms with Gasteiger partial charge in [0.05, 0.1) is 5.56 Å². The summed E-state index contributed by atoms with van der Waals surface area (Å²) in [6.07, 6.45) is -6.39. The highest BCUT2D eigenvalue weighted by Gasteiger charge is 2.56. The monoisotopic (exact) mass is 404 g/mol. The lowest BCUT2D eigenvalue weighted by Crippen LogP contribution is -2.51. The van der Waals surface area contributed by atoms with Gasteiger partial charge in [0.1, 0.15) is 11.9 Å². The van der Waals surface area contributed by atoms with Gasteiger partial charge in [0.15, 0.2) is 5.60 Å². The van der Waals surface area contributed by atoms with Crippen LogP contribution in [0, 0.1) is 17.1 Å². The quantitative estimate of drug-likeness (QED) is 0.561. The third kappa shape index (κ3) is 3.99. The van der Waals surface area contributed by atoms with E-state index in [4.69, 9.17) is 0 Å². The van der Waals surface area contributed by atoms with E-state index in [1.165, 1.54) is 24.3 Å². The topological polar surface area (TPSA) is 59.8 Å². The van der Waals surface area contributed by atoms with Crippen molar-refractivity contribution in [2.24, 2.45) is 0 Å². The van der Waals surface area contributed by atoms with Crippen LogP contribution in [0.2, 0.25) is 0 Å². The van der Waals surface area contributed by atoms with Gasteiger partial charge in [-0.15, -0.1) is 0 Å². The van der Waals surface area contributed by atoms with Crippen molar-refractivity contribution < 1.29 is 22.7 Å². The lowest BCUT2D eigenvalue weighted by molar-refractivity contribution is -0.266. The van der Waals surface area contributed by atoms with E-state index in [2.05, 4.69) is 4.98 Å². The molecule has 0 bridgehead atoms.